The number of carbonyl (C=O) groups is 1. The van der Waals surface area contributed by atoms with E-state index in [2.05, 4.69) is 15.2 Å². The van der Waals surface area contributed by atoms with Gasteiger partial charge < -0.3 is 19.5 Å². The van der Waals surface area contributed by atoms with Crippen molar-refractivity contribution in [2.24, 2.45) is 7.05 Å². The molecule has 4 aromatic rings. The van der Waals surface area contributed by atoms with Gasteiger partial charge in [0.25, 0.3) is 5.91 Å². The first-order valence-electron chi connectivity index (χ1n) is 9.64. The minimum Gasteiger partial charge on any atom is -0.378 e. The number of hydrogen-bond acceptors (Lipinski definition) is 5. The van der Waals surface area contributed by atoms with E-state index in [-0.39, 0.29) is 5.91 Å². The molecule has 3 heterocycles. The number of aromatic nitrogens is 3. The summed E-state index contributed by atoms with van der Waals surface area (Å²) in [5.41, 5.74) is 4.02. The van der Waals surface area contributed by atoms with Crippen LogP contribution in [0.5, 0.6) is 0 Å². The Morgan fingerprint density at radius 2 is 1.90 bits per heavy atom. The van der Waals surface area contributed by atoms with Crippen LogP contribution in [0.3, 0.4) is 0 Å². The number of amides is 1. The molecule has 5 rings (SSSR count). The number of imidazole rings is 1. The highest BCUT2D eigenvalue weighted by Crippen LogP contribution is 2.25. The lowest BCUT2D eigenvalue weighted by atomic mass is 10.1. The van der Waals surface area contributed by atoms with Gasteiger partial charge >= 0.3 is 0 Å². The lowest BCUT2D eigenvalue weighted by Gasteiger charge is -2.28. The number of nitrogens with zero attached hydrogens (tertiary/aromatic N) is 4. The average molecular weight is 387 g/mol. The van der Waals surface area contributed by atoms with Crippen molar-refractivity contribution in [3.05, 3.63) is 60.4 Å². The number of hydrogen-bond donors (Lipinski definition) is 1. The van der Waals surface area contributed by atoms with Crippen LogP contribution in [0.25, 0.3) is 21.9 Å². The number of fused-ring (bicyclic) bond motifs is 2. The molecule has 1 aliphatic rings. The second-order valence-electron chi connectivity index (χ2n) is 7.16. The summed E-state index contributed by atoms with van der Waals surface area (Å²) < 4.78 is 7.38. The average Bonchev–Trinajstić information content (AvgIpc) is 3.13. The first-order chi connectivity index (χ1) is 14.2. The van der Waals surface area contributed by atoms with Gasteiger partial charge in [-0.1, -0.05) is 18.2 Å². The van der Waals surface area contributed by atoms with Crippen LogP contribution in [0.2, 0.25) is 0 Å². The molecule has 7 heteroatoms. The van der Waals surface area contributed by atoms with Crippen molar-refractivity contribution in [3.63, 3.8) is 0 Å². The number of nitrogens with one attached hydrogen (secondary N) is 1. The number of carbonyl (C=O) groups excluding carboxylic acids is 1. The highest BCUT2D eigenvalue weighted by atomic mass is 16.5. The first-order valence-corrected chi connectivity index (χ1v) is 9.64. The van der Waals surface area contributed by atoms with Gasteiger partial charge in [0.2, 0.25) is 0 Å². The van der Waals surface area contributed by atoms with Crippen LogP contribution in [0.15, 0.2) is 54.9 Å². The van der Waals surface area contributed by atoms with E-state index in [9.17, 15) is 4.79 Å². The molecule has 1 N–H and O–H groups in total. The summed E-state index contributed by atoms with van der Waals surface area (Å²) >= 11 is 0. The van der Waals surface area contributed by atoms with Gasteiger partial charge in [0.05, 0.1) is 41.7 Å². The third-order valence-corrected chi connectivity index (χ3v) is 5.27. The van der Waals surface area contributed by atoms with E-state index < -0.39 is 0 Å². The molecule has 1 fully saturated rings. The fraction of sp³-hybridized carbons (Fsp3) is 0.227. The van der Waals surface area contributed by atoms with Gasteiger partial charge in [0.15, 0.2) is 0 Å². The van der Waals surface area contributed by atoms with Gasteiger partial charge in [-0.05, 0) is 30.3 Å². The van der Waals surface area contributed by atoms with Crippen molar-refractivity contribution < 1.29 is 9.53 Å². The lowest BCUT2D eigenvalue weighted by molar-refractivity contribution is 0.102. The van der Waals surface area contributed by atoms with E-state index in [0.29, 0.717) is 18.8 Å². The molecular formula is C22H21N5O2. The number of benzene rings is 2. The van der Waals surface area contributed by atoms with E-state index in [0.717, 1.165) is 46.5 Å². The maximum absolute atomic E-state index is 13.2. The van der Waals surface area contributed by atoms with E-state index >= 15 is 0 Å². The van der Waals surface area contributed by atoms with Crippen LogP contribution >= 0.6 is 0 Å². The number of ether oxygens (including phenoxy) is 1. The van der Waals surface area contributed by atoms with Crippen LogP contribution in [-0.4, -0.2) is 46.7 Å². The summed E-state index contributed by atoms with van der Waals surface area (Å²) in [5, 5.41) is 3.88. The van der Waals surface area contributed by atoms with Gasteiger partial charge in [-0.15, -0.1) is 0 Å². The van der Waals surface area contributed by atoms with Gasteiger partial charge in [0.1, 0.15) is 5.82 Å². The summed E-state index contributed by atoms with van der Waals surface area (Å²) in [7, 11) is 1.94. The minimum atomic E-state index is -0.153. The number of anilines is 2. The highest BCUT2D eigenvalue weighted by Gasteiger charge is 2.18. The minimum absolute atomic E-state index is 0.153. The fourth-order valence-corrected chi connectivity index (χ4v) is 3.71. The maximum Gasteiger partial charge on any atom is 0.256 e. The Morgan fingerprint density at radius 3 is 2.76 bits per heavy atom. The van der Waals surface area contributed by atoms with Crippen LogP contribution in [0.1, 0.15) is 10.4 Å². The molecule has 0 spiro atoms. The Hall–Kier alpha value is -3.45. The van der Waals surface area contributed by atoms with Gasteiger partial charge in [-0.2, -0.15) is 0 Å². The van der Waals surface area contributed by atoms with Crippen molar-refractivity contribution in [1.82, 2.24) is 14.5 Å². The molecule has 146 valence electrons. The predicted molar refractivity (Wildman–Crippen MR) is 113 cm³/mol. The number of pyridine rings is 1. The summed E-state index contributed by atoms with van der Waals surface area (Å²) in [5.74, 6) is 0.652. The van der Waals surface area contributed by atoms with Crippen molar-refractivity contribution >= 4 is 39.3 Å². The monoisotopic (exact) mass is 387 g/mol. The molecule has 0 unspecified atom stereocenters. The van der Waals surface area contributed by atoms with Crippen molar-refractivity contribution in [3.8, 4) is 0 Å². The fourth-order valence-electron chi connectivity index (χ4n) is 3.71. The Morgan fingerprint density at radius 1 is 1.07 bits per heavy atom. The molecule has 0 aliphatic carbocycles. The smallest absolute Gasteiger partial charge is 0.256 e. The zero-order valence-electron chi connectivity index (χ0n) is 16.1. The van der Waals surface area contributed by atoms with Crippen LogP contribution < -0.4 is 10.2 Å². The van der Waals surface area contributed by atoms with Gasteiger partial charge in [-0.3, -0.25) is 4.79 Å². The molecular weight excluding hydrogens is 366 g/mol. The summed E-state index contributed by atoms with van der Waals surface area (Å²) in [6.07, 6.45) is 1.77. The van der Waals surface area contributed by atoms with E-state index in [1.807, 2.05) is 60.1 Å². The van der Waals surface area contributed by atoms with E-state index in [4.69, 9.17) is 9.72 Å². The molecule has 0 atom stereocenters. The van der Waals surface area contributed by atoms with Crippen molar-refractivity contribution in [2.45, 2.75) is 0 Å². The first kappa shape index (κ1) is 17.6. The SMILES string of the molecule is Cn1cnc2ccc(NC(=O)c3cc(N4CCOCC4)nc4ccccc34)cc21. The summed E-state index contributed by atoms with van der Waals surface area (Å²) in [4.78, 5) is 24.5. The second-order valence-corrected chi connectivity index (χ2v) is 7.16. The lowest BCUT2D eigenvalue weighted by Crippen LogP contribution is -2.37. The topological polar surface area (TPSA) is 72.3 Å². The van der Waals surface area contributed by atoms with Crippen LogP contribution in [0.4, 0.5) is 11.5 Å². The second kappa shape index (κ2) is 7.18. The molecule has 0 radical (unpaired) electrons. The molecule has 7 nitrogen and oxygen atoms in total. The zero-order valence-corrected chi connectivity index (χ0v) is 16.1. The Kier molecular flexibility index (Phi) is 4.37. The highest BCUT2D eigenvalue weighted by molar-refractivity contribution is 6.13. The van der Waals surface area contributed by atoms with Crippen LogP contribution in [0, 0.1) is 0 Å². The summed E-state index contributed by atoms with van der Waals surface area (Å²) in [6.45, 7) is 2.87. The van der Waals surface area contributed by atoms with Crippen molar-refractivity contribution in [1.29, 1.82) is 0 Å². The number of rotatable bonds is 3. The quantitative estimate of drug-likeness (QED) is 0.584. The van der Waals surface area contributed by atoms with Crippen LogP contribution in [-0.2, 0) is 11.8 Å². The Labute approximate surface area is 167 Å². The number of aryl methyl sites for hydroxylation is 1. The normalized spacial score (nSPS) is 14.4. The molecule has 2 aromatic heterocycles. The predicted octanol–water partition coefficient (Wildman–Crippen LogP) is 3.21. The molecule has 29 heavy (non-hydrogen) atoms. The molecule has 1 amide bonds. The molecule has 1 aliphatic heterocycles. The van der Waals surface area contributed by atoms with E-state index in [1.165, 1.54) is 0 Å². The molecule has 1 saturated heterocycles. The Bertz CT molecular complexity index is 1210. The van der Waals surface area contributed by atoms with E-state index in [1.54, 1.807) is 6.33 Å². The number of para-hydroxylation sites is 1. The molecule has 0 saturated carbocycles. The largest absolute Gasteiger partial charge is 0.378 e. The van der Waals surface area contributed by atoms with Gasteiger partial charge in [-0.25, -0.2) is 9.97 Å². The zero-order chi connectivity index (χ0) is 19.8. The standard InChI is InChI=1S/C22H21N5O2/c1-26-14-23-19-7-6-15(12-20(19)26)24-22(28)17-13-21(27-8-10-29-11-9-27)25-18-5-3-2-4-16(17)18/h2-7,12-14H,8-11H2,1H3,(H,24,28). The third kappa shape index (κ3) is 3.30. The summed E-state index contributed by atoms with van der Waals surface area (Å²) in [6, 6.07) is 15.3. The molecule has 0 bridgehead atoms. The van der Waals surface area contributed by atoms with Gasteiger partial charge in [0, 0.05) is 31.2 Å². The third-order valence-electron chi connectivity index (χ3n) is 5.27. The van der Waals surface area contributed by atoms with Crippen molar-refractivity contribution in [2.75, 3.05) is 36.5 Å². The number of morpholine rings is 1. The maximum atomic E-state index is 13.2. The Balaban J connectivity index is 1.53. The molecule has 2 aromatic carbocycles.